The van der Waals surface area contributed by atoms with Gasteiger partial charge in [-0.25, -0.2) is 0 Å². The van der Waals surface area contributed by atoms with Crippen LogP contribution in [0.15, 0.2) is 30.3 Å². The van der Waals surface area contributed by atoms with Crippen LogP contribution in [0.1, 0.15) is 70.8 Å². The highest BCUT2D eigenvalue weighted by Crippen LogP contribution is 2.61. The Morgan fingerprint density at radius 2 is 1.48 bits per heavy atom. The molecule has 0 radical (unpaired) electrons. The summed E-state index contributed by atoms with van der Waals surface area (Å²) in [4.78, 5) is 13.2. The average molecular weight is 340 g/mol. The van der Waals surface area contributed by atoms with Crippen LogP contribution in [-0.2, 0) is 4.79 Å². The molecule has 4 aliphatic rings. The van der Waals surface area contributed by atoms with Crippen LogP contribution in [0, 0.1) is 29.1 Å². The van der Waals surface area contributed by atoms with Gasteiger partial charge in [-0.3, -0.25) is 4.79 Å². The van der Waals surface area contributed by atoms with E-state index in [9.17, 15) is 4.79 Å². The van der Waals surface area contributed by atoms with E-state index in [1.165, 1.54) is 38.5 Å². The molecule has 4 aliphatic carbocycles. The molecule has 0 aromatic heterocycles. The second-order valence-corrected chi connectivity index (χ2v) is 9.64. The molecule has 2 heteroatoms. The third-order valence-corrected chi connectivity index (χ3v) is 7.47. The molecule has 0 saturated heterocycles. The molecule has 4 saturated carbocycles. The molecule has 2 nitrogen and oxygen atoms in total. The third kappa shape index (κ3) is 3.13. The number of nitrogens with one attached hydrogen (secondary N) is 1. The lowest BCUT2D eigenvalue weighted by atomic mass is 9.48. The molecule has 1 aromatic carbocycles. The summed E-state index contributed by atoms with van der Waals surface area (Å²) in [5.41, 5.74) is 1.52. The molecular formula is C23H33NO. The maximum absolute atomic E-state index is 13.2. The highest BCUT2D eigenvalue weighted by atomic mass is 16.2. The molecule has 2 atom stereocenters. The van der Waals surface area contributed by atoms with Crippen LogP contribution in [0.5, 0.6) is 0 Å². The van der Waals surface area contributed by atoms with Crippen molar-refractivity contribution < 1.29 is 4.79 Å². The molecule has 136 valence electrons. The summed E-state index contributed by atoms with van der Waals surface area (Å²) >= 11 is 0. The third-order valence-electron chi connectivity index (χ3n) is 7.47. The van der Waals surface area contributed by atoms with Gasteiger partial charge >= 0.3 is 0 Å². The van der Waals surface area contributed by atoms with Crippen molar-refractivity contribution in [1.82, 2.24) is 5.32 Å². The molecule has 4 fully saturated rings. The van der Waals surface area contributed by atoms with Crippen LogP contribution in [0.25, 0.3) is 0 Å². The molecule has 25 heavy (non-hydrogen) atoms. The molecular weight excluding hydrogens is 306 g/mol. The van der Waals surface area contributed by atoms with Crippen LogP contribution in [0.4, 0.5) is 0 Å². The Kier molecular flexibility index (Phi) is 4.42. The predicted octanol–water partition coefficient (Wildman–Crippen LogP) is 5.15. The van der Waals surface area contributed by atoms with E-state index in [4.69, 9.17) is 0 Å². The van der Waals surface area contributed by atoms with Crippen molar-refractivity contribution in [3.63, 3.8) is 0 Å². The Morgan fingerprint density at radius 3 is 1.96 bits per heavy atom. The fourth-order valence-electron chi connectivity index (χ4n) is 6.66. The van der Waals surface area contributed by atoms with Gasteiger partial charge in [0.2, 0.25) is 5.91 Å². The average Bonchev–Trinajstić information content (AvgIpc) is 2.54. The van der Waals surface area contributed by atoms with Crippen LogP contribution in [0.2, 0.25) is 0 Å². The van der Waals surface area contributed by atoms with E-state index in [2.05, 4.69) is 38.2 Å². The van der Waals surface area contributed by atoms with Crippen molar-refractivity contribution in [1.29, 1.82) is 0 Å². The number of hydrogen-bond acceptors (Lipinski definition) is 1. The summed E-state index contributed by atoms with van der Waals surface area (Å²) in [5.74, 6) is 3.29. The zero-order chi connectivity index (χ0) is 17.6. The summed E-state index contributed by atoms with van der Waals surface area (Å²) in [6.45, 7) is 6.60. The number of rotatable bonds is 5. The molecule has 1 N–H and O–H groups in total. The van der Waals surface area contributed by atoms with Gasteiger partial charge in [0.1, 0.15) is 0 Å². The van der Waals surface area contributed by atoms with E-state index in [0.717, 1.165) is 23.3 Å². The monoisotopic (exact) mass is 339 g/mol. The number of amides is 1. The van der Waals surface area contributed by atoms with Crippen molar-refractivity contribution in [3.8, 4) is 0 Å². The molecule has 2 unspecified atom stereocenters. The molecule has 0 spiro atoms. The highest BCUT2D eigenvalue weighted by molar-refractivity contribution is 5.84. The number of benzene rings is 1. The first kappa shape index (κ1) is 17.1. The van der Waals surface area contributed by atoms with Crippen molar-refractivity contribution in [3.05, 3.63) is 35.9 Å². The van der Waals surface area contributed by atoms with Crippen molar-refractivity contribution in [2.75, 3.05) is 0 Å². The summed E-state index contributed by atoms with van der Waals surface area (Å²) in [5, 5.41) is 3.48. The number of hydrogen-bond donors (Lipinski definition) is 1. The van der Waals surface area contributed by atoms with Gasteiger partial charge in [0.25, 0.3) is 0 Å². The minimum Gasteiger partial charge on any atom is -0.353 e. The Morgan fingerprint density at radius 1 is 0.960 bits per heavy atom. The van der Waals surface area contributed by atoms with Gasteiger partial charge < -0.3 is 5.32 Å². The maximum atomic E-state index is 13.2. The summed E-state index contributed by atoms with van der Waals surface area (Å²) in [6.07, 6.45) is 8.41. The normalized spacial score (nSPS) is 35.6. The zero-order valence-electron chi connectivity index (χ0n) is 16.0. The van der Waals surface area contributed by atoms with Crippen molar-refractivity contribution in [2.45, 2.75) is 71.3 Å². The van der Waals surface area contributed by atoms with Gasteiger partial charge in [0.15, 0.2) is 0 Å². The predicted molar refractivity (Wildman–Crippen MR) is 102 cm³/mol. The van der Waals surface area contributed by atoms with Crippen LogP contribution >= 0.6 is 0 Å². The minimum atomic E-state index is -0.0439. The second-order valence-electron chi connectivity index (χ2n) is 9.64. The highest BCUT2D eigenvalue weighted by Gasteiger charge is 2.53. The van der Waals surface area contributed by atoms with Crippen LogP contribution < -0.4 is 5.32 Å². The van der Waals surface area contributed by atoms with E-state index in [0.29, 0.717) is 17.4 Å². The van der Waals surface area contributed by atoms with Crippen LogP contribution in [-0.4, -0.2) is 11.9 Å². The second kappa shape index (κ2) is 6.45. The smallest absolute Gasteiger partial charge is 0.228 e. The van der Waals surface area contributed by atoms with E-state index in [1.807, 2.05) is 18.2 Å². The lowest BCUT2D eigenvalue weighted by Gasteiger charge is -2.59. The summed E-state index contributed by atoms with van der Waals surface area (Å²) < 4.78 is 0. The molecule has 0 heterocycles. The standard InChI is InChI=1S/C23H33NO/c1-15(2)21(20-7-5-4-6-8-20)22(25)24-16(3)23-12-17-9-18(13-23)11-19(10-17)14-23/h4-8,15-19,21H,9-14H2,1-3H3,(H,24,25). The summed E-state index contributed by atoms with van der Waals surface area (Å²) in [7, 11) is 0. The first-order chi connectivity index (χ1) is 12.0. The van der Waals surface area contributed by atoms with Gasteiger partial charge in [-0.15, -0.1) is 0 Å². The van der Waals surface area contributed by atoms with E-state index in [1.54, 1.807) is 0 Å². The van der Waals surface area contributed by atoms with Gasteiger partial charge in [-0.05, 0) is 80.1 Å². The summed E-state index contributed by atoms with van der Waals surface area (Å²) in [6, 6.07) is 10.6. The van der Waals surface area contributed by atoms with Crippen LogP contribution in [0.3, 0.4) is 0 Å². The fraction of sp³-hybridized carbons (Fsp3) is 0.696. The molecule has 4 bridgehead atoms. The lowest BCUT2D eigenvalue weighted by Crippen LogP contribution is -2.56. The van der Waals surface area contributed by atoms with Gasteiger partial charge in [0, 0.05) is 6.04 Å². The largest absolute Gasteiger partial charge is 0.353 e. The first-order valence-corrected chi connectivity index (χ1v) is 10.3. The molecule has 5 rings (SSSR count). The SMILES string of the molecule is CC(C)C(C(=O)NC(C)C12CC3CC(CC(C3)C1)C2)c1ccccc1. The molecule has 0 aliphatic heterocycles. The number of carbonyl (C=O) groups excluding carboxylic acids is 1. The van der Waals surface area contributed by atoms with E-state index in [-0.39, 0.29) is 11.8 Å². The zero-order valence-corrected chi connectivity index (χ0v) is 16.0. The van der Waals surface area contributed by atoms with Gasteiger partial charge in [0.05, 0.1) is 5.92 Å². The van der Waals surface area contributed by atoms with Gasteiger partial charge in [-0.1, -0.05) is 44.2 Å². The Hall–Kier alpha value is -1.31. The van der Waals surface area contributed by atoms with Crippen molar-refractivity contribution >= 4 is 5.91 Å². The Bertz CT molecular complexity index is 585. The minimum absolute atomic E-state index is 0.0439. The lowest BCUT2D eigenvalue weighted by molar-refractivity contribution is -0.128. The topological polar surface area (TPSA) is 29.1 Å². The molecule has 1 aromatic rings. The van der Waals surface area contributed by atoms with E-state index < -0.39 is 0 Å². The number of carbonyl (C=O) groups is 1. The van der Waals surface area contributed by atoms with E-state index >= 15 is 0 Å². The Balaban J connectivity index is 1.50. The Labute approximate surface area is 152 Å². The quantitative estimate of drug-likeness (QED) is 0.790. The fourth-order valence-corrected chi connectivity index (χ4v) is 6.66. The maximum Gasteiger partial charge on any atom is 0.228 e. The van der Waals surface area contributed by atoms with Gasteiger partial charge in [-0.2, -0.15) is 0 Å². The van der Waals surface area contributed by atoms with Crippen molar-refractivity contribution in [2.24, 2.45) is 29.1 Å². The first-order valence-electron chi connectivity index (χ1n) is 10.3. The molecule has 1 amide bonds.